The number of carbonyl (C=O) groups is 1. The van der Waals surface area contributed by atoms with Crippen molar-refractivity contribution in [3.63, 3.8) is 0 Å². The fourth-order valence-corrected chi connectivity index (χ4v) is 1.65. The number of aliphatic hydroxyl groups is 1. The van der Waals surface area contributed by atoms with Crippen LogP contribution in [0.4, 0.5) is 11.4 Å². The molecule has 0 spiro atoms. The lowest BCUT2D eigenvalue weighted by Gasteiger charge is -2.21. The Bertz CT molecular complexity index is 423. The van der Waals surface area contributed by atoms with E-state index in [-0.39, 0.29) is 6.61 Å². The van der Waals surface area contributed by atoms with E-state index in [2.05, 4.69) is 0 Å². The van der Waals surface area contributed by atoms with Crippen LogP contribution in [0, 0.1) is 0 Å². The zero-order chi connectivity index (χ0) is 14.3. The molecule has 0 amide bonds. The van der Waals surface area contributed by atoms with Gasteiger partial charge in [-0.2, -0.15) is 0 Å². The summed E-state index contributed by atoms with van der Waals surface area (Å²) < 4.78 is 9.93. The molecule has 6 nitrogen and oxygen atoms in total. The maximum absolute atomic E-state index is 11.7. The van der Waals surface area contributed by atoms with Crippen LogP contribution in [0.2, 0.25) is 0 Å². The quantitative estimate of drug-likeness (QED) is 0.425. The molecule has 0 atom stereocenters. The number of nitrogen functional groups attached to an aromatic ring is 1. The third-order valence-electron chi connectivity index (χ3n) is 2.64. The minimum Gasteiger partial charge on any atom is -0.465 e. The molecule has 1 rings (SSSR count). The molecule has 0 aliphatic heterocycles. The normalized spacial score (nSPS) is 10.3. The maximum atomic E-state index is 11.7. The molecular formula is C13H20N2O4. The summed E-state index contributed by atoms with van der Waals surface area (Å²) in [6, 6.07) is 5.09. The van der Waals surface area contributed by atoms with Gasteiger partial charge in [0.25, 0.3) is 0 Å². The van der Waals surface area contributed by atoms with Crippen molar-refractivity contribution in [3.05, 3.63) is 23.8 Å². The Morgan fingerprint density at radius 1 is 1.42 bits per heavy atom. The van der Waals surface area contributed by atoms with Gasteiger partial charge >= 0.3 is 5.97 Å². The highest BCUT2D eigenvalue weighted by molar-refractivity contribution is 5.96. The van der Waals surface area contributed by atoms with Gasteiger partial charge in [-0.15, -0.1) is 0 Å². The van der Waals surface area contributed by atoms with E-state index < -0.39 is 5.97 Å². The van der Waals surface area contributed by atoms with E-state index in [1.54, 1.807) is 18.2 Å². The number of nitrogens with two attached hydrogens (primary N) is 1. The lowest BCUT2D eigenvalue weighted by atomic mass is 10.1. The predicted molar refractivity (Wildman–Crippen MR) is 73.4 cm³/mol. The van der Waals surface area contributed by atoms with Gasteiger partial charge in [0, 0.05) is 19.3 Å². The Hall–Kier alpha value is -1.79. The second-order valence-corrected chi connectivity index (χ2v) is 4.03. The number of rotatable bonds is 7. The molecule has 0 aliphatic rings. The Morgan fingerprint density at radius 3 is 2.79 bits per heavy atom. The molecule has 1 aromatic carbocycles. The van der Waals surface area contributed by atoms with Crippen molar-refractivity contribution < 1.29 is 19.4 Å². The number of aliphatic hydroxyl groups excluding tert-OH is 1. The molecule has 0 heterocycles. The second-order valence-electron chi connectivity index (χ2n) is 4.03. The largest absolute Gasteiger partial charge is 0.465 e. The van der Waals surface area contributed by atoms with Gasteiger partial charge in [0.1, 0.15) is 0 Å². The van der Waals surface area contributed by atoms with Crippen LogP contribution in [0.1, 0.15) is 10.4 Å². The molecule has 0 bridgehead atoms. The van der Waals surface area contributed by atoms with Crippen molar-refractivity contribution >= 4 is 17.3 Å². The number of benzene rings is 1. The molecular weight excluding hydrogens is 248 g/mol. The minimum atomic E-state index is -0.426. The molecule has 0 radical (unpaired) electrons. The number of likely N-dealkylation sites (N-methyl/N-ethyl adjacent to an activating group) is 1. The highest BCUT2D eigenvalue weighted by Crippen LogP contribution is 2.22. The molecule has 19 heavy (non-hydrogen) atoms. The molecule has 0 aromatic heterocycles. The molecule has 1 aromatic rings. The molecule has 3 N–H and O–H groups in total. The SMILES string of the molecule is COC(=O)c1cc(N)ccc1N(C)CCOCCO. The van der Waals surface area contributed by atoms with Gasteiger partial charge < -0.3 is 25.2 Å². The van der Waals surface area contributed by atoms with Crippen molar-refractivity contribution in [2.75, 3.05) is 51.2 Å². The molecule has 6 heteroatoms. The molecule has 0 saturated carbocycles. The first-order valence-corrected chi connectivity index (χ1v) is 5.97. The van der Waals surface area contributed by atoms with Gasteiger partial charge in [-0.25, -0.2) is 4.79 Å². The zero-order valence-electron chi connectivity index (χ0n) is 11.3. The Kier molecular flexibility index (Phi) is 6.11. The van der Waals surface area contributed by atoms with E-state index in [1.165, 1.54) is 7.11 Å². The number of anilines is 2. The highest BCUT2D eigenvalue weighted by atomic mass is 16.5. The van der Waals surface area contributed by atoms with Crippen LogP contribution >= 0.6 is 0 Å². The first-order valence-electron chi connectivity index (χ1n) is 5.97. The molecule has 0 unspecified atom stereocenters. The summed E-state index contributed by atoms with van der Waals surface area (Å²) >= 11 is 0. The molecule has 106 valence electrons. The lowest BCUT2D eigenvalue weighted by molar-refractivity contribution is 0.0601. The average Bonchev–Trinajstić information content (AvgIpc) is 2.42. The standard InChI is InChI=1S/C13H20N2O4/c1-15(5-7-19-8-6-16)12-4-3-10(14)9-11(12)13(17)18-2/h3-4,9,16H,5-8,14H2,1-2H3. The van der Waals surface area contributed by atoms with Crippen molar-refractivity contribution in [1.82, 2.24) is 0 Å². The predicted octanol–water partition coefficient (Wildman–Crippen LogP) is 0.500. The first kappa shape index (κ1) is 15.3. The van der Waals surface area contributed by atoms with Gasteiger partial charge in [0.15, 0.2) is 0 Å². The topological polar surface area (TPSA) is 85.0 Å². The second kappa shape index (κ2) is 7.60. The number of carbonyl (C=O) groups excluding carboxylic acids is 1. The fraction of sp³-hybridized carbons (Fsp3) is 0.462. The Labute approximate surface area is 112 Å². The van der Waals surface area contributed by atoms with Gasteiger partial charge in [0.05, 0.1) is 38.2 Å². The summed E-state index contributed by atoms with van der Waals surface area (Å²) in [6.07, 6.45) is 0. The van der Waals surface area contributed by atoms with E-state index in [4.69, 9.17) is 20.3 Å². The van der Waals surface area contributed by atoms with Gasteiger partial charge in [-0.1, -0.05) is 0 Å². The number of ether oxygens (including phenoxy) is 2. The Balaban J connectivity index is 2.77. The van der Waals surface area contributed by atoms with E-state index in [9.17, 15) is 4.79 Å². The van der Waals surface area contributed by atoms with Crippen LogP contribution in [0.3, 0.4) is 0 Å². The fourth-order valence-electron chi connectivity index (χ4n) is 1.65. The lowest BCUT2D eigenvalue weighted by Crippen LogP contribution is -2.25. The third kappa shape index (κ3) is 4.42. The van der Waals surface area contributed by atoms with Crippen LogP contribution < -0.4 is 10.6 Å². The average molecular weight is 268 g/mol. The summed E-state index contributed by atoms with van der Waals surface area (Å²) in [6.45, 7) is 1.36. The highest BCUT2D eigenvalue weighted by Gasteiger charge is 2.15. The summed E-state index contributed by atoms with van der Waals surface area (Å²) in [4.78, 5) is 13.6. The van der Waals surface area contributed by atoms with Gasteiger partial charge in [-0.3, -0.25) is 0 Å². The summed E-state index contributed by atoms with van der Waals surface area (Å²) in [5.74, 6) is -0.426. The van der Waals surface area contributed by atoms with Crippen LogP contribution in [-0.4, -0.2) is 51.6 Å². The van der Waals surface area contributed by atoms with Crippen molar-refractivity contribution in [2.45, 2.75) is 0 Å². The maximum Gasteiger partial charge on any atom is 0.340 e. The summed E-state index contributed by atoms with van der Waals surface area (Å²) in [7, 11) is 3.18. The minimum absolute atomic E-state index is 0.000997. The molecule has 0 saturated heterocycles. The monoisotopic (exact) mass is 268 g/mol. The number of nitrogens with zero attached hydrogens (tertiary/aromatic N) is 1. The summed E-state index contributed by atoms with van der Waals surface area (Å²) in [5.41, 5.74) is 7.34. The number of hydrogen-bond donors (Lipinski definition) is 2. The Morgan fingerprint density at radius 2 is 2.16 bits per heavy atom. The molecule has 0 aliphatic carbocycles. The number of methoxy groups -OCH3 is 1. The van der Waals surface area contributed by atoms with E-state index >= 15 is 0 Å². The van der Waals surface area contributed by atoms with Crippen LogP contribution in [0.5, 0.6) is 0 Å². The van der Waals surface area contributed by atoms with Crippen molar-refractivity contribution in [2.24, 2.45) is 0 Å². The van der Waals surface area contributed by atoms with Gasteiger partial charge in [-0.05, 0) is 18.2 Å². The smallest absolute Gasteiger partial charge is 0.340 e. The third-order valence-corrected chi connectivity index (χ3v) is 2.64. The number of esters is 1. The van der Waals surface area contributed by atoms with E-state index in [1.807, 2.05) is 11.9 Å². The van der Waals surface area contributed by atoms with Gasteiger partial charge in [0.2, 0.25) is 0 Å². The molecule has 0 fully saturated rings. The van der Waals surface area contributed by atoms with Crippen LogP contribution in [0.15, 0.2) is 18.2 Å². The summed E-state index contributed by atoms with van der Waals surface area (Å²) in [5, 5.41) is 8.61. The number of hydrogen-bond acceptors (Lipinski definition) is 6. The van der Waals surface area contributed by atoms with Crippen molar-refractivity contribution in [1.29, 1.82) is 0 Å². The van der Waals surface area contributed by atoms with E-state index in [0.29, 0.717) is 31.0 Å². The van der Waals surface area contributed by atoms with Crippen molar-refractivity contribution in [3.8, 4) is 0 Å². The van der Waals surface area contributed by atoms with E-state index in [0.717, 1.165) is 5.69 Å². The zero-order valence-corrected chi connectivity index (χ0v) is 11.3. The van der Waals surface area contributed by atoms with Crippen LogP contribution in [-0.2, 0) is 9.47 Å². The van der Waals surface area contributed by atoms with Crippen LogP contribution in [0.25, 0.3) is 0 Å². The first-order chi connectivity index (χ1) is 9.10.